The summed E-state index contributed by atoms with van der Waals surface area (Å²) in [5.41, 5.74) is 0.353. The van der Waals surface area contributed by atoms with Crippen molar-refractivity contribution >= 4 is 10.1 Å². The molecule has 1 aromatic rings. The lowest BCUT2D eigenvalue weighted by Gasteiger charge is -2.12. The van der Waals surface area contributed by atoms with Crippen LogP contribution in [0.5, 0.6) is 0 Å². The summed E-state index contributed by atoms with van der Waals surface area (Å²) in [6.45, 7) is 1.55. The molecule has 1 aromatic heterocycles. The van der Waals surface area contributed by atoms with E-state index in [0.717, 1.165) is 0 Å². The zero-order valence-corrected chi connectivity index (χ0v) is 8.38. The lowest BCUT2D eigenvalue weighted by atomic mass is 10.5. The van der Waals surface area contributed by atoms with Gasteiger partial charge in [0.1, 0.15) is 0 Å². The van der Waals surface area contributed by atoms with Gasteiger partial charge in [-0.15, -0.1) is 0 Å². The SMILES string of the molecule is Cc1[nH]n(C)[nH]n(C)c1S(=O)(=O)O. The van der Waals surface area contributed by atoms with Crippen molar-refractivity contribution in [1.82, 2.24) is 19.8 Å². The molecule has 0 aliphatic carbocycles. The molecule has 7 nitrogen and oxygen atoms in total. The van der Waals surface area contributed by atoms with E-state index in [9.17, 15) is 8.42 Å². The van der Waals surface area contributed by atoms with Gasteiger partial charge >= 0.3 is 10.1 Å². The van der Waals surface area contributed by atoms with Crippen LogP contribution in [0.25, 0.3) is 0 Å². The molecule has 0 radical (unpaired) electrons. The molecule has 0 atom stereocenters. The Hall–Kier alpha value is -1.15. The van der Waals surface area contributed by atoms with Crippen molar-refractivity contribution < 1.29 is 13.0 Å². The second-order valence-corrected chi connectivity index (χ2v) is 4.07. The topological polar surface area (TPSA) is 95.8 Å². The fourth-order valence-corrected chi connectivity index (χ4v) is 2.03. The van der Waals surface area contributed by atoms with E-state index in [1.165, 1.54) is 16.5 Å². The maximum atomic E-state index is 10.9. The van der Waals surface area contributed by atoms with Gasteiger partial charge in [-0.3, -0.25) is 14.3 Å². The van der Waals surface area contributed by atoms with Crippen LogP contribution in [-0.2, 0) is 24.2 Å². The van der Waals surface area contributed by atoms with Crippen LogP contribution in [0.4, 0.5) is 0 Å². The molecule has 8 heteroatoms. The van der Waals surface area contributed by atoms with Gasteiger partial charge in [-0.1, -0.05) is 0 Å². The van der Waals surface area contributed by atoms with E-state index in [0.29, 0.717) is 5.69 Å². The van der Waals surface area contributed by atoms with E-state index < -0.39 is 10.1 Å². The van der Waals surface area contributed by atoms with E-state index >= 15 is 0 Å². The first-order valence-corrected chi connectivity index (χ1v) is 4.95. The summed E-state index contributed by atoms with van der Waals surface area (Å²) >= 11 is 0. The van der Waals surface area contributed by atoms with Crippen molar-refractivity contribution in [2.75, 3.05) is 0 Å². The van der Waals surface area contributed by atoms with Crippen molar-refractivity contribution in [2.45, 2.75) is 11.9 Å². The largest absolute Gasteiger partial charge is 0.313 e. The van der Waals surface area contributed by atoms with Crippen LogP contribution in [0.3, 0.4) is 0 Å². The van der Waals surface area contributed by atoms with Gasteiger partial charge in [-0.2, -0.15) is 8.42 Å². The highest BCUT2D eigenvalue weighted by atomic mass is 32.2. The van der Waals surface area contributed by atoms with Crippen molar-refractivity contribution in [2.24, 2.45) is 14.1 Å². The molecule has 0 aliphatic heterocycles. The highest BCUT2D eigenvalue weighted by molar-refractivity contribution is 7.85. The van der Waals surface area contributed by atoms with Crippen LogP contribution < -0.4 is 0 Å². The first-order chi connectivity index (χ1) is 5.82. The quantitative estimate of drug-likeness (QED) is 0.553. The van der Waals surface area contributed by atoms with Gasteiger partial charge < -0.3 is 0 Å². The highest BCUT2D eigenvalue weighted by Gasteiger charge is 2.16. The number of aryl methyl sites for hydroxylation is 3. The molecule has 0 fully saturated rings. The molecule has 1 heterocycles. The second kappa shape index (κ2) is 2.96. The minimum Gasteiger partial charge on any atom is -0.285 e. The second-order valence-electron chi connectivity index (χ2n) is 2.74. The number of H-pyrrole nitrogens is 2. The van der Waals surface area contributed by atoms with E-state index in [4.69, 9.17) is 4.55 Å². The lowest BCUT2D eigenvalue weighted by Crippen LogP contribution is -2.20. The maximum absolute atomic E-state index is 10.9. The summed E-state index contributed by atoms with van der Waals surface area (Å²) in [6, 6.07) is 0. The van der Waals surface area contributed by atoms with E-state index in [1.54, 1.807) is 14.0 Å². The fourth-order valence-electron chi connectivity index (χ4n) is 1.21. The summed E-state index contributed by atoms with van der Waals surface area (Å²) < 4.78 is 31.8. The summed E-state index contributed by atoms with van der Waals surface area (Å²) in [6.07, 6.45) is 0. The number of nitrogens with zero attached hydrogens (tertiary/aromatic N) is 2. The van der Waals surface area contributed by atoms with Gasteiger partial charge in [0.2, 0.25) is 0 Å². The van der Waals surface area contributed by atoms with Crippen LogP contribution in [0.2, 0.25) is 0 Å². The predicted octanol–water partition coefficient (Wildman–Crippen LogP) is -0.301. The van der Waals surface area contributed by atoms with Crippen LogP contribution in [0, 0.1) is 6.92 Å². The Balaban J connectivity index is 3.57. The average molecular weight is 208 g/mol. The Bertz CT molecular complexity index is 418. The van der Waals surface area contributed by atoms with Crippen LogP contribution in [0.15, 0.2) is 5.03 Å². The van der Waals surface area contributed by atoms with Crippen molar-refractivity contribution in [1.29, 1.82) is 0 Å². The van der Waals surface area contributed by atoms with Gasteiger partial charge in [0.15, 0.2) is 5.03 Å². The molecule has 76 valence electrons. The van der Waals surface area contributed by atoms with E-state index in [2.05, 4.69) is 10.3 Å². The first-order valence-electron chi connectivity index (χ1n) is 3.51. The van der Waals surface area contributed by atoms with Crippen LogP contribution in [-0.4, -0.2) is 32.8 Å². The summed E-state index contributed by atoms with van der Waals surface area (Å²) in [7, 11) is -1.04. The van der Waals surface area contributed by atoms with Crippen molar-refractivity contribution in [3.8, 4) is 0 Å². The molecule has 13 heavy (non-hydrogen) atoms. The van der Waals surface area contributed by atoms with Gasteiger partial charge in [0.25, 0.3) is 0 Å². The number of aromatic nitrogens is 4. The standard InChI is InChI=1S/C5H12N4O3S/c1-4-5(13(10,11)12)8(2)7-9(3)6-4/h6-7H,1-3H3,(H,10,11,12). The summed E-state index contributed by atoms with van der Waals surface area (Å²) in [5, 5.41) is 5.12. The van der Waals surface area contributed by atoms with Crippen molar-refractivity contribution in [3.05, 3.63) is 5.69 Å². The smallest absolute Gasteiger partial charge is 0.285 e. The number of rotatable bonds is 1. The molecule has 0 amide bonds. The third-order valence-electron chi connectivity index (χ3n) is 1.51. The minimum absolute atomic E-state index is 0.189. The molecular weight excluding hydrogens is 196 g/mol. The first kappa shape index (κ1) is 9.93. The zero-order chi connectivity index (χ0) is 10.2. The maximum Gasteiger partial charge on any atom is 0.313 e. The Kier molecular flexibility index (Phi) is 2.26. The fraction of sp³-hybridized carbons (Fsp3) is 0.600. The Labute approximate surface area is 75.4 Å². The number of hydrogen-bond donors (Lipinski definition) is 3. The predicted molar refractivity (Wildman–Crippen MR) is 45.3 cm³/mol. The van der Waals surface area contributed by atoms with E-state index in [-0.39, 0.29) is 5.03 Å². The molecule has 0 saturated heterocycles. The molecule has 0 bridgehead atoms. The molecule has 0 saturated carbocycles. The van der Waals surface area contributed by atoms with Crippen molar-refractivity contribution in [3.63, 3.8) is 0 Å². The van der Waals surface area contributed by atoms with Gasteiger partial charge in [-0.05, 0) is 6.92 Å². The van der Waals surface area contributed by atoms with Gasteiger partial charge in [-0.25, -0.2) is 10.0 Å². The molecule has 0 aliphatic rings. The monoisotopic (exact) mass is 208 g/mol. The van der Waals surface area contributed by atoms with Crippen LogP contribution in [0.1, 0.15) is 5.69 Å². The number of nitrogens with one attached hydrogen (secondary N) is 2. The Morgan fingerprint density at radius 2 is 1.92 bits per heavy atom. The molecular formula is C5H12N4O3S. The minimum atomic E-state index is -4.19. The zero-order valence-electron chi connectivity index (χ0n) is 7.57. The average Bonchev–Trinajstić information content (AvgIpc) is 1.78. The molecule has 1 rings (SSSR count). The summed E-state index contributed by atoms with van der Waals surface area (Å²) in [4.78, 5) is 1.46. The lowest BCUT2D eigenvalue weighted by molar-refractivity contribution is 0.416. The molecule has 3 N–H and O–H groups in total. The Morgan fingerprint density at radius 3 is 2.31 bits per heavy atom. The van der Waals surface area contributed by atoms with E-state index in [1.807, 2.05) is 0 Å². The van der Waals surface area contributed by atoms with Gasteiger partial charge in [0, 0.05) is 14.1 Å². The van der Waals surface area contributed by atoms with Crippen LogP contribution >= 0.6 is 0 Å². The Morgan fingerprint density at radius 1 is 1.38 bits per heavy atom. The number of aromatic amines is 2. The molecule has 0 aromatic carbocycles. The normalized spacial score (nSPS) is 11.7. The number of hydrogen-bond acceptors (Lipinski definition) is 2. The molecule has 0 unspecified atom stereocenters. The van der Waals surface area contributed by atoms with Gasteiger partial charge in [0.05, 0.1) is 5.69 Å². The summed E-state index contributed by atoms with van der Waals surface area (Å²) in [5.74, 6) is 0. The molecule has 0 spiro atoms. The third kappa shape index (κ3) is 1.95. The highest BCUT2D eigenvalue weighted by Crippen LogP contribution is 2.08. The third-order valence-corrected chi connectivity index (χ3v) is 2.57.